The van der Waals surface area contributed by atoms with Crippen LogP contribution in [0.4, 0.5) is 4.79 Å². The minimum absolute atomic E-state index is 0.00147. The second kappa shape index (κ2) is 8.18. The van der Waals surface area contributed by atoms with Crippen molar-refractivity contribution in [3.05, 3.63) is 0 Å². The Hall–Kier alpha value is -1.35. The Labute approximate surface area is 124 Å². The Morgan fingerprint density at radius 2 is 2.05 bits per heavy atom. The van der Waals surface area contributed by atoms with E-state index in [1.54, 1.807) is 0 Å². The largest absolute Gasteiger partial charge is 0.480 e. The van der Waals surface area contributed by atoms with Gasteiger partial charge in [-0.25, -0.2) is 13.2 Å². The van der Waals surface area contributed by atoms with Gasteiger partial charge in [0.1, 0.15) is 6.54 Å². The predicted octanol–water partition coefficient (Wildman–Crippen LogP) is -0.731. The molecule has 0 radical (unpaired) electrons. The van der Waals surface area contributed by atoms with Crippen molar-refractivity contribution in [1.82, 2.24) is 15.5 Å². The number of nitrogens with one attached hydrogen (secondary N) is 2. The van der Waals surface area contributed by atoms with E-state index in [4.69, 9.17) is 5.11 Å². The number of carbonyl (C=O) groups excluding carboxylic acids is 1. The van der Waals surface area contributed by atoms with Crippen LogP contribution in [0.15, 0.2) is 0 Å². The van der Waals surface area contributed by atoms with Gasteiger partial charge in [-0.05, 0) is 25.9 Å². The van der Waals surface area contributed by atoms with Crippen LogP contribution in [0, 0.1) is 0 Å². The Balaban J connectivity index is 2.53. The number of carboxylic acid groups (broad SMARTS) is 1. The molecule has 8 nitrogen and oxygen atoms in total. The summed E-state index contributed by atoms with van der Waals surface area (Å²) in [5.74, 6) is -1.31. The third kappa shape index (κ3) is 6.30. The Bertz CT molecular complexity index is 466. The highest BCUT2D eigenvalue weighted by Crippen LogP contribution is 2.17. The van der Waals surface area contributed by atoms with Crippen LogP contribution >= 0.6 is 0 Å². The van der Waals surface area contributed by atoms with Gasteiger partial charge in [0, 0.05) is 12.6 Å². The number of amides is 2. The van der Waals surface area contributed by atoms with Crippen molar-refractivity contribution >= 4 is 21.8 Å². The Morgan fingerprint density at radius 1 is 1.33 bits per heavy atom. The van der Waals surface area contributed by atoms with Crippen LogP contribution in [-0.2, 0) is 14.6 Å². The van der Waals surface area contributed by atoms with Gasteiger partial charge in [0.05, 0.1) is 11.5 Å². The molecule has 0 aromatic rings. The molecule has 1 aliphatic heterocycles. The van der Waals surface area contributed by atoms with Crippen molar-refractivity contribution in [2.24, 2.45) is 0 Å². The minimum Gasteiger partial charge on any atom is -0.480 e. The van der Waals surface area contributed by atoms with E-state index in [0.29, 0.717) is 13.0 Å². The van der Waals surface area contributed by atoms with E-state index in [1.807, 2.05) is 6.92 Å². The van der Waals surface area contributed by atoms with E-state index in [1.165, 1.54) is 0 Å². The van der Waals surface area contributed by atoms with Gasteiger partial charge in [-0.15, -0.1) is 0 Å². The molecule has 0 aromatic carbocycles. The molecule has 122 valence electrons. The molecule has 1 rings (SSSR count). The summed E-state index contributed by atoms with van der Waals surface area (Å²) in [6, 6.07) is -1.07. The summed E-state index contributed by atoms with van der Waals surface area (Å²) in [5.41, 5.74) is 0. The van der Waals surface area contributed by atoms with Gasteiger partial charge in [-0.1, -0.05) is 6.92 Å². The summed E-state index contributed by atoms with van der Waals surface area (Å²) in [7, 11) is -3.17. The molecule has 21 heavy (non-hydrogen) atoms. The molecule has 0 aliphatic carbocycles. The van der Waals surface area contributed by atoms with Gasteiger partial charge in [0.2, 0.25) is 0 Å². The van der Waals surface area contributed by atoms with Crippen LogP contribution in [0.1, 0.15) is 19.8 Å². The molecule has 0 saturated carbocycles. The standard InChI is InChI=1S/C12H23N3O5S/c1-2-13-5-3-6-14-12(18)15(8-11(16)17)10-4-7-21(19,20)9-10/h10,13H,2-9H2,1H3,(H,14,18)(H,16,17). The lowest BCUT2D eigenvalue weighted by molar-refractivity contribution is -0.138. The zero-order valence-electron chi connectivity index (χ0n) is 12.2. The van der Waals surface area contributed by atoms with E-state index in [0.717, 1.165) is 24.4 Å². The summed E-state index contributed by atoms with van der Waals surface area (Å²) in [6.07, 6.45) is 1.02. The van der Waals surface area contributed by atoms with Crippen LogP contribution in [0.5, 0.6) is 0 Å². The van der Waals surface area contributed by atoms with E-state index < -0.39 is 34.4 Å². The zero-order chi connectivity index (χ0) is 15.9. The molecular weight excluding hydrogens is 298 g/mol. The monoisotopic (exact) mass is 321 g/mol. The van der Waals surface area contributed by atoms with Crippen LogP contribution in [0.2, 0.25) is 0 Å². The summed E-state index contributed by atoms with van der Waals surface area (Å²) in [5, 5.41) is 14.6. The Kier molecular flexibility index (Phi) is 6.90. The van der Waals surface area contributed by atoms with Crippen LogP contribution in [0.25, 0.3) is 0 Å². The fourth-order valence-corrected chi connectivity index (χ4v) is 3.95. The molecule has 1 unspecified atom stereocenters. The smallest absolute Gasteiger partial charge is 0.323 e. The van der Waals surface area contributed by atoms with Crippen molar-refractivity contribution in [3.63, 3.8) is 0 Å². The van der Waals surface area contributed by atoms with Gasteiger partial charge in [0.15, 0.2) is 9.84 Å². The molecule has 1 heterocycles. The lowest BCUT2D eigenvalue weighted by Gasteiger charge is -2.26. The molecule has 2 amide bonds. The highest BCUT2D eigenvalue weighted by molar-refractivity contribution is 7.91. The van der Waals surface area contributed by atoms with E-state index in [-0.39, 0.29) is 11.5 Å². The van der Waals surface area contributed by atoms with Gasteiger partial charge in [-0.3, -0.25) is 4.79 Å². The average molecular weight is 321 g/mol. The number of hydrogen-bond acceptors (Lipinski definition) is 5. The number of rotatable bonds is 8. The van der Waals surface area contributed by atoms with Gasteiger partial charge >= 0.3 is 12.0 Å². The maximum Gasteiger partial charge on any atom is 0.323 e. The predicted molar refractivity (Wildman–Crippen MR) is 78.0 cm³/mol. The number of aliphatic carboxylic acids is 1. The normalized spacial score (nSPS) is 20.1. The molecular formula is C12H23N3O5S. The minimum atomic E-state index is -3.17. The van der Waals surface area contributed by atoms with Crippen LogP contribution < -0.4 is 10.6 Å². The van der Waals surface area contributed by atoms with Crippen molar-refractivity contribution in [1.29, 1.82) is 0 Å². The molecule has 3 N–H and O–H groups in total. The third-order valence-electron chi connectivity index (χ3n) is 3.27. The lowest BCUT2D eigenvalue weighted by atomic mass is 10.2. The molecule has 1 fully saturated rings. The number of carbonyl (C=O) groups is 2. The van der Waals surface area contributed by atoms with E-state index in [2.05, 4.69) is 10.6 Å². The molecule has 9 heteroatoms. The number of carboxylic acids is 1. The maximum atomic E-state index is 12.0. The van der Waals surface area contributed by atoms with Gasteiger partial charge < -0.3 is 20.6 Å². The summed E-state index contributed by atoms with van der Waals surface area (Å²) >= 11 is 0. The lowest BCUT2D eigenvalue weighted by Crippen LogP contribution is -2.49. The first kappa shape index (κ1) is 17.7. The van der Waals surface area contributed by atoms with Crippen molar-refractivity contribution in [2.75, 3.05) is 37.7 Å². The molecule has 1 aliphatic rings. The van der Waals surface area contributed by atoms with Crippen molar-refractivity contribution in [3.8, 4) is 0 Å². The first-order valence-corrected chi connectivity index (χ1v) is 8.85. The Morgan fingerprint density at radius 3 is 2.57 bits per heavy atom. The summed E-state index contributed by atoms with van der Waals surface area (Å²) < 4.78 is 22.9. The second-order valence-corrected chi connectivity index (χ2v) is 7.25. The number of urea groups is 1. The summed E-state index contributed by atoms with van der Waals surface area (Å²) in [6.45, 7) is 3.51. The SMILES string of the molecule is CCNCCCNC(=O)N(CC(=O)O)C1CCS(=O)(=O)C1. The zero-order valence-corrected chi connectivity index (χ0v) is 13.0. The number of hydrogen-bond donors (Lipinski definition) is 3. The molecule has 0 spiro atoms. The summed E-state index contributed by atoms with van der Waals surface area (Å²) in [4.78, 5) is 24.0. The fourth-order valence-electron chi connectivity index (χ4n) is 2.22. The first-order chi connectivity index (χ1) is 9.85. The number of sulfone groups is 1. The van der Waals surface area contributed by atoms with Gasteiger partial charge in [0.25, 0.3) is 0 Å². The van der Waals surface area contributed by atoms with E-state index >= 15 is 0 Å². The topological polar surface area (TPSA) is 116 Å². The molecule has 1 atom stereocenters. The fraction of sp³-hybridized carbons (Fsp3) is 0.833. The highest BCUT2D eigenvalue weighted by atomic mass is 32.2. The highest BCUT2D eigenvalue weighted by Gasteiger charge is 2.35. The van der Waals surface area contributed by atoms with Crippen LogP contribution in [-0.4, -0.2) is 74.2 Å². The van der Waals surface area contributed by atoms with Gasteiger partial charge in [-0.2, -0.15) is 0 Å². The van der Waals surface area contributed by atoms with Crippen LogP contribution in [0.3, 0.4) is 0 Å². The maximum absolute atomic E-state index is 12.0. The van der Waals surface area contributed by atoms with Crippen molar-refractivity contribution in [2.45, 2.75) is 25.8 Å². The van der Waals surface area contributed by atoms with E-state index in [9.17, 15) is 18.0 Å². The van der Waals surface area contributed by atoms with Crippen molar-refractivity contribution < 1.29 is 23.1 Å². The second-order valence-electron chi connectivity index (χ2n) is 5.02. The first-order valence-electron chi connectivity index (χ1n) is 7.03. The quantitative estimate of drug-likeness (QED) is 0.508. The number of nitrogens with zero attached hydrogens (tertiary/aromatic N) is 1. The third-order valence-corrected chi connectivity index (χ3v) is 5.02. The molecule has 0 bridgehead atoms. The molecule has 0 aromatic heterocycles. The average Bonchev–Trinajstić information content (AvgIpc) is 2.75. The molecule has 1 saturated heterocycles.